The number of aromatic nitrogens is 4. The van der Waals surface area contributed by atoms with Gasteiger partial charge in [-0.1, -0.05) is 0 Å². The molecule has 5 rings (SSSR count). The molecular formula is C23H23N7O4. The summed E-state index contributed by atoms with van der Waals surface area (Å²) in [7, 11) is 0. The van der Waals surface area contributed by atoms with Crippen LogP contribution in [0.25, 0.3) is 11.0 Å². The predicted octanol–water partition coefficient (Wildman–Crippen LogP) is 1.73. The Kier molecular flexibility index (Phi) is 5.11. The summed E-state index contributed by atoms with van der Waals surface area (Å²) in [5.74, 6) is -1.36. The molecule has 2 aromatic heterocycles. The first-order valence-electron chi connectivity index (χ1n) is 11.0. The fraction of sp³-hybridized carbons (Fsp3) is 0.348. The monoisotopic (exact) mass is 461 g/mol. The lowest BCUT2D eigenvalue weighted by molar-refractivity contribution is -0.136. The minimum absolute atomic E-state index is 0.0937. The molecule has 0 radical (unpaired) electrons. The van der Waals surface area contributed by atoms with Crippen molar-refractivity contribution in [3.63, 3.8) is 0 Å². The van der Waals surface area contributed by atoms with Gasteiger partial charge in [0.2, 0.25) is 17.8 Å². The number of rotatable bonds is 4. The van der Waals surface area contributed by atoms with Gasteiger partial charge in [0.15, 0.2) is 5.65 Å². The third-order valence-electron chi connectivity index (χ3n) is 6.13. The molecule has 1 atom stereocenters. The van der Waals surface area contributed by atoms with Crippen molar-refractivity contribution in [2.45, 2.75) is 52.2 Å². The van der Waals surface area contributed by atoms with Gasteiger partial charge in [0.05, 0.1) is 11.1 Å². The zero-order chi connectivity index (χ0) is 24.1. The van der Waals surface area contributed by atoms with E-state index in [9.17, 15) is 19.2 Å². The number of hydrogen-bond acceptors (Lipinski definition) is 7. The van der Waals surface area contributed by atoms with Crippen LogP contribution in [0, 0.1) is 6.92 Å². The van der Waals surface area contributed by atoms with E-state index in [0.29, 0.717) is 22.3 Å². The highest BCUT2D eigenvalue weighted by Gasteiger charge is 2.39. The molecular weight excluding hydrogens is 438 g/mol. The second-order valence-electron chi connectivity index (χ2n) is 8.78. The molecule has 11 heteroatoms. The summed E-state index contributed by atoms with van der Waals surface area (Å²) in [6.45, 7) is 6.07. The SMILES string of the molecule is Cc1nn(C(C)C)c2nc(NC(=O)c3ccc4c(c3)CN(C3CCC(=O)NC3=O)C4=O)ncc12. The van der Waals surface area contributed by atoms with E-state index in [2.05, 4.69) is 25.7 Å². The van der Waals surface area contributed by atoms with E-state index in [1.165, 1.54) is 4.90 Å². The van der Waals surface area contributed by atoms with Crippen LogP contribution in [0.5, 0.6) is 0 Å². The van der Waals surface area contributed by atoms with Crippen molar-refractivity contribution in [1.29, 1.82) is 0 Å². The Morgan fingerprint density at radius 1 is 1.24 bits per heavy atom. The Hall–Kier alpha value is -4.15. The van der Waals surface area contributed by atoms with E-state index in [4.69, 9.17) is 0 Å². The number of aryl methyl sites for hydroxylation is 1. The first-order valence-corrected chi connectivity index (χ1v) is 11.0. The van der Waals surface area contributed by atoms with Crippen molar-refractivity contribution in [3.8, 4) is 0 Å². The third-order valence-corrected chi connectivity index (χ3v) is 6.13. The average molecular weight is 461 g/mol. The molecule has 2 aliphatic rings. The molecule has 1 unspecified atom stereocenters. The van der Waals surface area contributed by atoms with Gasteiger partial charge < -0.3 is 4.90 Å². The normalized spacial score (nSPS) is 17.9. The van der Waals surface area contributed by atoms with Gasteiger partial charge >= 0.3 is 0 Å². The van der Waals surface area contributed by atoms with Crippen molar-refractivity contribution < 1.29 is 19.2 Å². The predicted molar refractivity (Wildman–Crippen MR) is 121 cm³/mol. The van der Waals surface area contributed by atoms with Crippen LogP contribution in [-0.2, 0) is 16.1 Å². The van der Waals surface area contributed by atoms with E-state index in [1.54, 1.807) is 29.1 Å². The smallest absolute Gasteiger partial charge is 0.258 e. The number of benzene rings is 1. The summed E-state index contributed by atoms with van der Waals surface area (Å²) in [5, 5.41) is 10.3. The van der Waals surface area contributed by atoms with Crippen LogP contribution in [0.1, 0.15) is 64.7 Å². The summed E-state index contributed by atoms with van der Waals surface area (Å²) in [4.78, 5) is 59.6. The van der Waals surface area contributed by atoms with Crippen molar-refractivity contribution in [3.05, 3.63) is 46.8 Å². The largest absolute Gasteiger partial charge is 0.322 e. The van der Waals surface area contributed by atoms with E-state index >= 15 is 0 Å². The van der Waals surface area contributed by atoms with Gasteiger partial charge in [-0.2, -0.15) is 10.1 Å². The van der Waals surface area contributed by atoms with Crippen molar-refractivity contribution in [2.75, 3.05) is 5.32 Å². The number of carbonyl (C=O) groups is 4. The lowest BCUT2D eigenvalue weighted by Crippen LogP contribution is -2.52. The average Bonchev–Trinajstić information content (AvgIpc) is 3.30. The molecule has 2 aliphatic heterocycles. The third kappa shape index (κ3) is 3.58. The molecule has 0 spiro atoms. The Morgan fingerprint density at radius 3 is 2.76 bits per heavy atom. The molecule has 0 bridgehead atoms. The molecule has 1 fully saturated rings. The lowest BCUT2D eigenvalue weighted by Gasteiger charge is -2.29. The van der Waals surface area contributed by atoms with Crippen LogP contribution in [0.15, 0.2) is 24.4 Å². The molecule has 2 N–H and O–H groups in total. The van der Waals surface area contributed by atoms with Crippen LogP contribution < -0.4 is 10.6 Å². The number of carbonyl (C=O) groups excluding carboxylic acids is 4. The van der Waals surface area contributed by atoms with Crippen LogP contribution in [0.2, 0.25) is 0 Å². The van der Waals surface area contributed by atoms with Gasteiger partial charge in [0, 0.05) is 36.3 Å². The van der Waals surface area contributed by atoms with Gasteiger partial charge in [-0.15, -0.1) is 0 Å². The number of fused-ring (bicyclic) bond motifs is 2. The Morgan fingerprint density at radius 2 is 2.03 bits per heavy atom. The number of piperidine rings is 1. The van der Waals surface area contributed by atoms with E-state index in [1.807, 2.05) is 20.8 Å². The minimum atomic E-state index is -0.704. The highest BCUT2D eigenvalue weighted by Crippen LogP contribution is 2.28. The summed E-state index contributed by atoms with van der Waals surface area (Å²) in [6, 6.07) is 4.16. The number of hydrogen-bond donors (Lipinski definition) is 2. The van der Waals surface area contributed by atoms with E-state index < -0.39 is 17.9 Å². The maximum absolute atomic E-state index is 12.9. The standard InChI is InChI=1S/C23H23N7O4/c1-11(2)30-19-16(12(3)28-30)9-24-23(26-19)27-20(32)13-4-5-15-14(8-13)10-29(22(15)34)17-6-7-18(31)25-21(17)33/h4-5,8-9,11,17H,6-7,10H2,1-3H3,(H,25,31,33)(H,24,26,27,32). The molecule has 34 heavy (non-hydrogen) atoms. The van der Waals surface area contributed by atoms with Crippen molar-refractivity contribution >= 4 is 40.6 Å². The number of nitrogens with one attached hydrogen (secondary N) is 2. The topological polar surface area (TPSA) is 139 Å². The van der Waals surface area contributed by atoms with Crippen molar-refractivity contribution in [1.82, 2.24) is 30.0 Å². The highest BCUT2D eigenvalue weighted by molar-refractivity contribution is 6.07. The molecule has 1 saturated heterocycles. The molecule has 11 nitrogen and oxygen atoms in total. The number of nitrogens with zero attached hydrogens (tertiary/aromatic N) is 5. The van der Waals surface area contributed by atoms with Gasteiger partial charge in [0.1, 0.15) is 6.04 Å². The van der Waals surface area contributed by atoms with Gasteiger partial charge in [-0.05, 0) is 51.0 Å². The fourth-order valence-electron chi connectivity index (χ4n) is 4.38. The maximum atomic E-state index is 12.9. The first kappa shape index (κ1) is 21.7. The molecule has 1 aromatic carbocycles. The maximum Gasteiger partial charge on any atom is 0.258 e. The quantitative estimate of drug-likeness (QED) is 0.564. The first-order chi connectivity index (χ1) is 16.2. The zero-order valence-corrected chi connectivity index (χ0v) is 19.0. The van der Waals surface area contributed by atoms with Crippen LogP contribution >= 0.6 is 0 Å². The molecule has 0 aliphatic carbocycles. The molecule has 0 saturated carbocycles. The lowest BCUT2D eigenvalue weighted by atomic mass is 10.0. The summed E-state index contributed by atoms with van der Waals surface area (Å²) < 4.78 is 1.78. The van der Waals surface area contributed by atoms with Gasteiger partial charge in [-0.25, -0.2) is 9.67 Å². The Labute approximate surface area is 194 Å². The summed E-state index contributed by atoms with van der Waals surface area (Å²) >= 11 is 0. The molecule has 3 aromatic rings. The van der Waals surface area contributed by atoms with Crippen LogP contribution in [0.3, 0.4) is 0 Å². The van der Waals surface area contributed by atoms with Crippen LogP contribution in [0.4, 0.5) is 5.95 Å². The fourth-order valence-corrected chi connectivity index (χ4v) is 4.38. The second kappa shape index (κ2) is 8.01. The van der Waals surface area contributed by atoms with Gasteiger partial charge in [-0.3, -0.25) is 29.8 Å². The molecule has 4 heterocycles. The molecule has 4 amide bonds. The number of anilines is 1. The van der Waals surface area contributed by atoms with Crippen LogP contribution in [-0.4, -0.2) is 54.3 Å². The van der Waals surface area contributed by atoms with Crippen molar-refractivity contribution in [2.24, 2.45) is 0 Å². The minimum Gasteiger partial charge on any atom is -0.322 e. The Bertz CT molecular complexity index is 1380. The van der Waals surface area contributed by atoms with E-state index in [-0.39, 0.29) is 43.2 Å². The summed E-state index contributed by atoms with van der Waals surface area (Å²) in [6.07, 6.45) is 2.10. The summed E-state index contributed by atoms with van der Waals surface area (Å²) in [5.41, 5.74) is 2.87. The van der Waals surface area contributed by atoms with E-state index in [0.717, 1.165) is 11.1 Å². The number of amides is 4. The molecule has 174 valence electrons. The Balaban J connectivity index is 1.36. The zero-order valence-electron chi connectivity index (χ0n) is 19.0. The highest BCUT2D eigenvalue weighted by atomic mass is 16.2. The van der Waals surface area contributed by atoms with Gasteiger partial charge in [0.25, 0.3) is 11.8 Å². The second-order valence-corrected chi connectivity index (χ2v) is 8.78. The number of imide groups is 1.